The lowest BCUT2D eigenvalue weighted by Gasteiger charge is -2.33. The third kappa shape index (κ3) is 7.21. The predicted octanol–water partition coefficient (Wildman–Crippen LogP) is 3.47. The molecule has 4 rings (SSSR count). The molecule has 0 radical (unpaired) electrons. The summed E-state index contributed by atoms with van der Waals surface area (Å²) >= 11 is 0. The van der Waals surface area contributed by atoms with Crippen molar-refractivity contribution in [2.45, 2.75) is 56.6 Å². The molecule has 0 saturated carbocycles. The zero-order chi connectivity index (χ0) is 25.2. The zero-order valence-corrected chi connectivity index (χ0v) is 20.4. The summed E-state index contributed by atoms with van der Waals surface area (Å²) in [7, 11) is 1.42. The third-order valence-corrected chi connectivity index (χ3v) is 6.16. The quantitative estimate of drug-likeness (QED) is 0.422. The standard InChI is InChI=1S/C29H34O7/c1-32-29-26(31)25(30)28(35-19-23-15-9-4-10-16-23)27(34-18-22-13-7-3-8-14-22)24(36-29)20-33-17-21-11-5-2-6-12-21/h2-16,24-31H,17-20H2,1H3/t24-,25-,26+,27-,28-,29+/m1/s1. The van der Waals surface area contributed by atoms with Crippen molar-refractivity contribution in [3.63, 3.8) is 0 Å². The van der Waals surface area contributed by atoms with Crippen LogP contribution in [-0.2, 0) is 43.5 Å². The summed E-state index contributed by atoms with van der Waals surface area (Å²) in [6.07, 6.45) is -6.02. The van der Waals surface area contributed by atoms with Gasteiger partial charge in [-0.05, 0) is 16.7 Å². The van der Waals surface area contributed by atoms with Gasteiger partial charge in [0.15, 0.2) is 6.29 Å². The number of methoxy groups -OCH3 is 1. The Morgan fingerprint density at radius 3 is 1.61 bits per heavy atom. The van der Waals surface area contributed by atoms with E-state index in [-0.39, 0.29) is 19.8 Å². The summed E-state index contributed by atoms with van der Waals surface area (Å²) in [6, 6.07) is 29.2. The van der Waals surface area contributed by atoms with E-state index < -0.39 is 36.8 Å². The third-order valence-electron chi connectivity index (χ3n) is 6.16. The number of benzene rings is 3. The monoisotopic (exact) mass is 494 g/mol. The SMILES string of the molecule is CO[C@H]1O[C@H](COCc2ccccc2)[C@@H](OCc2ccccc2)[C@H](OCc2ccccc2)[C@H](O)[C@@H]1O. The maximum absolute atomic E-state index is 11.1. The van der Waals surface area contributed by atoms with E-state index in [0.29, 0.717) is 6.61 Å². The molecule has 1 heterocycles. The van der Waals surface area contributed by atoms with Crippen molar-refractivity contribution in [3.05, 3.63) is 108 Å². The number of aliphatic hydroxyl groups excluding tert-OH is 2. The van der Waals surface area contributed by atoms with Gasteiger partial charge in [0.1, 0.15) is 30.5 Å². The lowest BCUT2D eigenvalue weighted by molar-refractivity contribution is -0.228. The lowest BCUT2D eigenvalue weighted by atomic mass is 10.00. The first-order valence-electron chi connectivity index (χ1n) is 12.1. The molecule has 7 heteroatoms. The first-order valence-corrected chi connectivity index (χ1v) is 12.1. The molecule has 1 aliphatic heterocycles. The van der Waals surface area contributed by atoms with Crippen molar-refractivity contribution in [1.29, 1.82) is 0 Å². The molecule has 3 aromatic rings. The normalized spacial score (nSPS) is 26.4. The topological polar surface area (TPSA) is 86.6 Å². The number of hydrogen-bond donors (Lipinski definition) is 2. The van der Waals surface area contributed by atoms with Crippen molar-refractivity contribution in [2.75, 3.05) is 13.7 Å². The highest BCUT2D eigenvalue weighted by molar-refractivity contribution is 5.15. The van der Waals surface area contributed by atoms with Gasteiger partial charge in [-0.2, -0.15) is 0 Å². The van der Waals surface area contributed by atoms with Crippen molar-refractivity contribution in [1.82, 2.24) is 0 Å². The Hall–Kier alpha value is -2.62. The van der Waals surface area contributed by atoms with Crippen LogP contribution in [0.3, 0.4) is 0 Å². The molecular weight excluding hydrogens is 460 g/mol. The fourth-order valence-corrected chi connectivity index (χ4v) is 4.22. The van der Waals surface area contributed by atoms with Crippen LogP contribution in [0.25, 0.3) is 0 Å². The molecule has 192 valence electrons. The Balaban J connectivity index is 1.55. The summed E-state index contributed by atoms with van der Waals surface area (Å²) in [5.41, 5.74) is 2.92. The fourth-order valence-electron chi connectivity index (χ4n) is 4.22. The lowest BCUT2D eigenvalue weighted by Crippen LogP contribution is -2.50. The van der Waals surface area contributed by atoms with Gasteiger partial charge in [-0.15, -0.1) is 0 Å². The van der Waals surface area contributed by atoms with Crippen LogP contribution in [0.4, 0.5) is 0 Å². The minimum atomic E-state index is -1.34. The molecule has 1 saturated heterocycles. The predicted molar refractivity (Wildman–Crippen MR) is 134 cm³/mol. The van der Waals surface area contributed by atoms with E-state index in [9.17, 15) is 10.2 Å². The summed E-state index contributed by atoms with van der Waals surface area (Å²) in [6.45, 7) is 1.04. The molecule has 0 aromatic heterocycles. The Morgan fingerprint density at radius 2 is 1.11 bits per heavy atom. The van der Waals surface area contributed by atoms with Crippen LogP contribution in [-0.4, -0.2) is 60.7 Å². The van der Waals surface area contributed by atoms with Crippen LogP contribution < -0.4 is 0 Å². The first kappa shape index (κ1) is 26.4. The molecular formula is C29H34O7. The summed E-state index contributed by atoms with van der Waals surface area (Å²) in [5, 5.41) is 22.0. The van der Waals surface area contributed by atoms with E-state index in [0.717, 1.165) is 16.7 Å². The second-order valence-corrected chi connectivity index (χ2v) is 8.78. The first-order chi connectivity index (χ1) is 17.7. The highest BCUT2D eigenvalue weighted by atomic mass is 16.7. The molecule has 6 atom stereocenters. The maximum Gasteiger partial charge on any atom is 0.186 e. The van der Waals surface area contributed by atoms with Crippen LogP contribution >= 0.6 is 0 Å². The van der Waals surface area contributed by atoms with Gasteiger partial charge in [0.2, 0.25) is 0 Å². The number of ether oxygens (including phenoxy) is 5. The molecule has 1 fully saturated rings. The zero-order valence-electron chi connectivity index (χ0n) is 20.4. The van der Waals surface area contributed by atoms with Gasteiger partial charge in [-0.3, -0.25) is 0 Å². The molecule has 0 bridgehead atoms. The summed E-state index contributed by atoms with van der Waals surface area (Å²) in [5.74, 6) is 0. The number of rotatable bonds is 11. The molecule has 36 heavy (non-hydrogen) atoms. The average molecular weight is 495 g/mol. The van der Waals surface area contributed by atoms with Gasteiger partial charge < -0.3 is 33.9 Å². The van der Waals surface area contributed by atoms with Crippen LogP contribution in [0.15, 0.2) is 91.0 Å². The highest BCUT2D eigenvalue weighted by Crippen LogP contribution is 2.28. The highest BCUT2D eigenvalue weighted by Gasteiger charge is 2.47. The Labute approximate surface area is 212 Å². The van der Waals surface area contributed by atoms with Crippen LogP contribution in [0.1, 0.15) is 16.7 Å². The molecule has 3 aromatic carbocycles. The fraction of sp³-hybridized carbons (Fsp3) is 0.379. The van der Waals surface area contributed by atoms with Crippen LogP contribution in [0, 0.1) is 0 Å². The van der Waals surface area contributed by atoms with E-state index in [1.807, 2.05) is 91.0 Å². The van der Waals surface area contributed by atoms with Gasteiger partial charge in [0.25, 0.3) is 0 Å². The second-order valence-electron chi connectivity index (χ2n) is 8.78. The van der Waals surface area contributed by atoms with E-state index in [1.165, 1.54) is 7.11 Å². The van der Waals surface area contributed by atoms with Gasteiger partial charge in [0.05, 0.1) is 26.4 Å². The Morgan fingerprint density at radius 1 is 0.639 bits per heavy atom. The van der Waals surface area contributed by atoms with Gasteiger partial charge in [-0.1, -0.05) is 91.0 Å². The van der Waals surface area contributed by atoms with Gasteiger partial charge >= 0.3 is 0 Å². The Kier molecular flexibility index (Phi) is 10.0. The van der Waals surface area contributed by atoms with Crippen molar-refractivity contribution in [2.24, 2.45) is 0 Å². The van der Waals surface area contributed by atoms with E-state index in [4.69, 9.17) is 23.7 Å². The van der Waals surface area contributed by atoms with Crippen molar-refractivity contribution >= 4 is 0 Å². The van der Waals surface area contributed by atoms with Crippen molar-refractivity contribution in [3.8, 4) is 0 Å². The number of aliphatic hydroxyl groups is 2. The maximum atomic E-state index is 11.1. The molecule has 0 spiro atoms. The van der Waals surface area contributed by atoms with E-state index in [2.05, 4.69) is 0 Å². The molecule has 7 nitrogen and oxygen atoms in total. The van der Waals surface area contributed by atoms with Gasteiger partial charge in [-0.25, -0.2) is 0 Å². The van der Waals surface area contributed by atoms with Crippen LogP contribution in [0.2, 0.25) is 0 Å². The molecule has 0 unspecified atom stereocenters. The van der Waals surface area contributed by atoms with Gasteiger partial charge in [0, 0.05) is 7.11 Å². The Bertz CT molecular complexity index is 1000. The average Bonchev–Trinajstić information content (AvgIpc) is 3.02. The minimum Gasteiger partial charge on any atom is -0.387 e. The number of hydrogen-bond acceptors (Lipinski definition) is 7. The second kappa shape index (κ2) is 13.6. The van der Waals surface area contributed by atoms with Crippen molar-refractivity contribution < 1.29 is 33.9 Å². The molecule has 2 N–H and O–H groups in total. The summed E-state index contributed by atoms with van der Waals surface area (Å²) in [4.78, 5) is 0. The largest absolute Gasteiger partial charge is 0.387 e. The summed E-state index contributed by atoms with van der Waals surface area (Å²) < 4.78 is 30.0. The molecule has 1 aliphatic rings. The smallest absolute Gasteiger partial charge is 0.186 e. The van der Waals surface area contributed by atoms with E-state index in [1.54, 1.807) is 0 Å². The minimum absolute atomic E-state index is 0.152. The van der Waals surface area contributed by atoms with Crippen LogP contribution in [0.5, 0.6) is 0 Å². The molecule has 0 aliphatic carbocycles. The molecule has 0 amide bonds. The van der Waals surface area contributed by atoms with E-state index >= 15 is 0 Å².